The van der Waals surface area contributed by atoms with E-state index in [0.29, 0.717) is 0 Å². The minimum atomic E-state index is 0.723. The third-order valence-corrected chi connectivity index (χ3v) is 4.27. The van der Waals surface area contributed by atoms with Gasteiger partial charge in [0.25, 0.3) is 0 Å². The predicted molar refractivity (Wildman–Crippen MR) is 101 cm³/mol. The maximum atomic E-state index is 4.62. The van der Waals surface area contributed by atoms with Gasteiger partial charge in [-0.1, -0.05) is 0 Å². The van der Waals surface area contributed by atoms with Crippen molar-refractivity contribution < 1.29 is 0 Å². The highest BCUT2D eigenvalue weighted by atomic mass is 15.1. The SMILES string of the molecule is Cc1cc(C)c2ccc(Nc3ccc4c(C)cc(C)nc4n3)nc2n1. The summed E-state index contributed by atoms with van der Waals surface area (Å²) < 4.78 is 0. The Morgan fingerprint density at radius 2 is 1.04 bits per heavy atom. The molecule has 0 spiro atoms. The van der Waals surface area contributed by atoms with Gasteiger partial charge in [0.2, 0.25) is 0 Å². The molecule has 0 atom stereocenters. The van der Waals surface area contributed by atoms with Crippen LogP contribution in [0, 0.1) is 27.7 Å². The molecule has 0 aliphatic heterocycles. The molecular formula is C20H19N5. The van der Waals surface area contributed by atoms with Crippen LogP contribution in [0.25, 0.3) is 22.1 Å². The quantitative estimate of drug-likeness (QED) is 0.584. The Morgan fingerprint density at radius 3 is 1.48 bits per heavy atom. The van der Waals surface area contributed by atoms with Gasteiger partial charge < -0.3 is 5.32 Å². The molecule has 5 heteroatoms. The second kappa shape index (κ2) is 5.77. The third-order valence-electron chi connectivity index (χ3n) is 4.27. The second-order valence-corrected chi connectivity index (χ2v) is 6.42. The van der Waals surface area contributed by atoms with Crippen molar-refractivity contribution in [1.29, 1.82) is 0 Å². The third kappa shape index (κ3) is 2.89. The molecule has 0 fully saturated rings. The summed E-state index contributed by atoms with van der Waals surface area (Å²) in [6.45, 7) is 8.12. The molecule has 0 unspecified atom stereocenters. The normalized spacial score (nSPS) is 11.2. The number of aromatic nitrogens is 4. The van der Waals surface area contributed by atoms with E-state index in [0.717, 1.165) is 45.1 Å². The number of anilines is 2. The van der Waals surface area contributed by atoms with Gasteiger partial charge in [-0.05, 0) is 75.2 Å². The molecular weight excluding hydrogens is 310 g/mol. The summed E-state index contributed by atoms with van der Waals surface area (Å²) in [7, 11) is 0. The molecule has 5 nitrogen and oxygen atoms in total. The molecule has 0 radical (unpaired) electrons. The fourth-order valence-corrected chi connectivity index (χ4v) is 3.13. The molecule has 0 aromatic carbocycles. The number of rotatable bonds is 2. The molecule has 25 heavy (non-hydrogen) atoms. The summed E-state index contributed by atoms with van der Waals surface area (Å²) in [5.74, 6) is 1.45. The lowest BCUT2D eigenvalue weighted by molar-refractivity contribution is 1.17. The van der Waals surface area contributed by atoms with E-state index in [1.807, 2.05) is 38.1 Å². The highest BCUT2D eigenvalue weighted by molar-refractivity contribution is 5.82. The number of pyridine rings is 4. The van der Waals surface area contributed by atoms with Gasteiger partial charge in [0, 0.05) is 22.2 Å². The summed E-state index contributed by atoms with van der Waals surface area (Å²) >= 11 is 0. The van der Waals surface area contributed by atoms with Gasteiger partial charge in [0.05, 0.1) is 0 Å². The van der Waals surface area contributed by atoms with Gasteiger partial charge in [-0.3, -0.25) is 0 Å². The van der Waals surface area contributed by atoms with E-state index < -0.39 is 0 Å². The van der Waals surface area contributed by atoms with Gasteiger partial charge in [-0.25, -0.2) is 19.9 Å². The lowest BCUT2D eigenvalue weighted by Crippen LogP contribution is -1.99. The van der Waals surface area contributed by atoms with Crippen LogP contribution in [-0.4, -0.2) is 19.9 Å². The molecule has 0 saturated carbocycles. The minimum absolute atomic E-state index is 0.723. The summed E-state index contributed by atoms with van der Waals surface area (Å²) in [6.07, 6.45) is 0. The highest BCUT2D eigenvalue weighted by Gasteiger charge is 2.07. The first-order valence-corrected chi connectivity index (χ1v) is 8.26. The van der Waals surface area contributed by atoms with Gasteiger partial charge in [0.1, 0.15) is 11.6 Å². The Hall–Kier alpha value is -3.08. The summed E-state index contributed by atoms with van der Waals surface area (Å²) in [5, 5.41) is 5.39. The molecule has 0 aliphatic rings. The van der Waals surface area contributed by atoms with E-state index in [4.69, 9.17) is 0 Å². The Kier molecular flexibility index (Phi) is 3.57. The van der Waals surface area contributed by atoms with Gasteiger partial charge >= 0.3 is 0 Å². The van der Waals surface area contributed by atoms with Crippen molar-refractivity contribution in [3.8, 4) is 0 Å². The molecule has 4 rings (SSSR count). The smallest absolute Gasteiger partial charge is 0.162 e. The molecule has 0 aliphatic carbocycles. The van der Waals surface area contributed by atoms with E-state index in [9.17, 15) is 0 Å². The average molecular weight is 329 g/mol. The zero-order valence-electron chi connectivity index (χ0n) is 14.8. The first kappa shape index (κ1) is 15.4. The van der Waals surface area contributed by atoms with E-state index in [-0.39, 0.29) is 0 Å². The van der Waals surface area contributed by atoms with Crippen molar-refractivity contribution in [2.45, 2.75) is 27.7 Å². The summed E-state index contributed by atoms with van der Waals surface area (Å²) in [4.78, 5) is 18.3. The Labute approximate surface area is 146 Å². The largest absolute Gasteiger partial charge is 0.325 e. The standard InChI is InChI=1S/C20H19N5/c1-11-9-13(3)21-19-15(11)5-7-17(24-19)23-18-8-6-16-12(2)10-14(4)22-20(16)25-18/h5-10H,1-4H3,(H,21,22,23,24,25). The van der Waals surface area contributed by atoms with E-state index >= 15 is 0 Å². The van der Waals surface area contributed by atoms with Crippen LogP contribution in [0.1, 0.15) is 22.5 Å². The van der Waals surface area contributed by atoms with Crippen molar-refractivity contribution in [3.63, 3.8) is 0 Å². The fourth-order valence-electron chi connectivity index (χ4n) is 3.13. The average Bonchev–Trinajstić information content (AvgIpc) is 2.53. The minimum Gasteiger partial charge on any atom is -0.325 e. The van der Waals surface area contributed by atoms with Gasteiger partial charge in [-0.2, -0.15) is 0 Å². The topological polar surface area (TPSA) is 63.6 Å². The van der Waals surface area contributed by atoms with Gasteiger partial charge in [0.15, 0.2) is 11.3 Å². The summed E-state index contributed by atoms with van der Waals surface area (Å²) in [6, 6.07) is 12.1. The monoisotopic (exact) mass is 329 g/mol. The number of aryl methyl sites for hydroxylation is 4. The first-order valence-electron chi connectivity index (χ1n) is 8.26. The molecule has 124 valence electrons. The maximum Gasteiger partial charge on any atom is 0.162 e. The molecule has 4 aromatic heterocycles. The number of hydrogen-bond donors (Lipinski definition) is 1. The first-order chi connectivity index (χ1) is 12.0. The Bertz CT molecular complexity index is 1030. The van der Waals surface area contributed by atoms with E-state index in [1.165, 1.54) is 11.1 Å². The van der Waals surface area contributed by atoms with Crippen molar-refractivity contribution >= 4 is 33.7 Å². The van der Waals surface area contributed by atoms with Crippen LogP contribution in [0.4, 0.5) is 11.6 Å². The predicted octanol–water partition coefficient (Wildman–Crippen LogP) is 4.55. The van der Waals surface area contributed by atoms with Crippen LogP contribution in [0.3, 0.4) is 0 Å². The van der Waals surface area contributed by atoms with Crippen LogP contribution < -0.4 is 5.32 Å². The van der Waals surface area contributed by atoms with Crippen molar-refractivity contribution in [2.75, 3.05) is 5.32 Å². The van der Waals surface area contributed by atoms with E-state index in [1.54, 1.807) is 0 Å². The Morgan fingerprint density at radius 1 is 0.600 bits per heavy atom. The number of hydrogen-bond acceptors (Lipinski definition) is 5. The lowest BCUT2D eigenvalue weighted by Gasteiger charge is -2.09. The molecule has 4 heterocycles. The zero-order valence-corrected chi connectivity index (χ0v) is 14.8. The molecule has 0 saturated heterocycles. The van der Waals surface area contributed by atoms with Gasteiger partial charge in [-0.15, -0.1) is 0 Å². The Balaban J connectivity index is 1.74. The fraction of sp³-hybridized carbons (Fsp3) is 0.200. The van der Waals surface area contributed by atoms with Crippen LogP contribution in [-0.2, 0) is 0 Å². The lowest BCUT2D eigenvalue weighted by atomic mass is 10.1. The van der Waals surface area contributed by atoms with Crippen LogP contribution in [0.5, 0.6) is 0 Å². The maximum absolute atomic E-state index is 4.62. The van der Waals surface area contributed by atoms with Crippen molar-refractivity contribution in [3.05, 3.63) is 58.9 Å². The second-order valence-electron chi connectivity index (χ2n) is 6.42. The van der Waals surface area contributed by atoms with Crippen LogP contribution in [0.2, 0.25) is 0 Å². The number of nitrogens with zero attached hydrogens (tertiary/aromatic N) is 4. The molecule has 1 N–H and O–H groups in total. The molecule has 0 bridgehead atoms. The molecule has 0 amide bonds. The molecule has 4 aromatic rings. The van der Waals surface area contributed by atoms with Crippen molar-refractivity contribution in [2.24, 2.45) is 0 Å². The summed E-state index contributed by atoms with van der Waals surface area (Å²) in [5.41, 5.74) is 5.78. The highest BCUT2D eigenvalue weighted by Crippen LogP contribution is 2.22. The van der Waals surface area contributed by atoms with Crippen LogP contribution in [0.15, 0.2) is 36.4 Å². The van der Waals surface area contributed by atoms with E-state index in [2.05, 4.69) is 51.2 Å². The zero-order chi connectivity index (χ0) is 17.6. The van der Waals surface area contributed by atoms with Crippen molar-refractivity contribution in [1.82, 2.24) is 19.9 Å². The number of fused-ring (bicyclic) bond motifs is 2. The number of nitrogens with one attached hydrogen (secondary N) is 1. The van der Waals surface area contributed by atoms with Crippen LogP contribution >= 0.6 is 0 Å².